The molecule has 0 aliphatic heterocycles. The third-order valence-corrected chi connectivity index (χ3v) is 2.36. The van der Waals surface area contributed by atoms with E-state index in [9.17, 15) is 5.11 Å². The second-order valence-electron chi connectivity index (χ2n) is 3.42. The molecule has 0 bridgehead atoms. The molecule has 0 spiro atoms. The summed E-state index contributed by atoms with van der Waals surface area (Å²) in [5, 5.41) is 9.46. The molecule has 0 aromatic heterocycles. The molecule has 2 atom stereocenters. The molecule has 0 radical (unpaired) electrons. The van der Waals surface area contributed by atoms with Crippen LogP contribution < -0.4 is 0 Å². The first-order valence-corrected chi connectivity index (χ1v) is 5.18. The van der Waals surface area contributed by atoms with Crippen LogP contribution in [-0.2, 0) is 4.74 Å². The average molecular weight is 211 g/mol. The lowest BCUT2D eigenvalue weighted by atomic mass is 9.93. The molecule has 0 rings (SSSR count). The molecule has 0 amide bonds. The van der Waals surface area contributed by atoms with Crippen LogP contribution in [0.2, 0.25) is 0 Å². The van der Waals surface area contributed by atoms with E-state index >= 15 is 0 Å². The van der Waals surface area contributed by atoms with Crippen LogP contribution in [0.5, 0.6) is 0 Å². The Morgan fingerprint density at radius 1 is 1.60 bits per heavy atom. The number of methoxy groups -OCH3 is 1. The van der Waals surface area contributed by atoms with Crippen molar-refractivity contribution >= 4 is 6.21 Å². The number of aliphatic hydroxyl groups is 1. The van der Waals surface area contributed by atoms with Gasteiger partial charge in [0.15, 0.2) is 0 Å². The van der Waals surface area contributed by atoms with Gasteiger partial charge in [-0.15, -0.1) is 0 Å². The summed E-state index contributed by atoms with van der Waals surface area (Å²) in [7, 11) is 1.67. The molecule has 3 heteroatoms. The molecular weight excluding hydrogens is 190 g/mol. The van der Waals surface area contributed by atoms with Gasteiger partial charge in [0, 0.05) is 19.9 Å². The van der Waals surface area contributed by atoms with Gasteiger partial charge in [0.2, 0.25) is 0 Å². The Bertz CT molecular complexity index is 224. The van der Waals surface area contributed by atoms with Gasteiger partial charge in [-0.1, -0.05) is 32.6 Å². The van der Waals surface area contributed by atoms with Crippen LogP contribution in [0.4, 0.5) is 0 Å². The van der Waals surface area contributed by atoms with E-state index in [1.54, 1.807) is 19.4 Å². The predicted octanol–water partition coefficient (Wildman–Crippen LogP) is 2.75. The summed E-state index contributed by atoms with van der Waals surface area (Å²) < 4.78 is 5.03. The van der Waals surface area contributed by atoms with Crippen molar-refractivity contribution in [1.82, 2.24) is 0 Å². The largest absolute Gasteiger partial charge is 0.511 e. The van der Waals surface area contributed by atoms with Crippen molar-refractivity contribution in [2.24, 2.45) is 10.9 Å². The van der Waals surface area contributed by atoms with Gasteiger partial charge >= 0.3 is 0 Å². The van der Waals surface area contributed by atoms with Crippen molar-refractivity contribution in [1.29, 1.82) is 0 Å². The zero-order valence-corrected chi connectivity index (χ0v) is 9.65. The number of allylic oxidation sites excluding steroid dienone is 1. The zero-order chi connectivity index (χ0) is 11.7. The predicted molar refractivity (Wildman–Crippen MR) is 64.5 cm³/mol. The van der Waals surface area contributed by atoms with Gasteiger partial charge in [-0.05, 0) is 12.3 Å². The van der Waals surface area contributed by atoms with E-state index in [-0.39, 0.29) is 17.7 Å². The highest BCUT2D eigenvalue weighted by Gasteiger charge is 2.20. The molecule has 0 heterocycles. The first kappa shape index (κ1) is 13.9. The maximum absolute atomic E-state index is 9.46. The Morgan fingerprint density at radius 2 is 2.27 bits per heavy atom. The van der Waals surface area contributed by atoms with E-state index in [4.69, 9.17) is 4.74 Å². The highest BCUT2D eigenvalue weighted by molar-refractivity contribution is 5.70. The fourth-order valence-corrected chi connectivity index (χ4v) is 1.49. The van der Waals surface area contributed by atoms with Crippen molar-refractivity contribution in [3.05, 3.63) is 25.0 Å². The lowest BCUT2D eigenvalue weighted by Gasteiger charge is -2.21. The molecule has 3 nitrogen and oxygen atoms in total. The summed E-state index contributed by atoms with van der Waals surface area (Å²) in [5.41, 5.74) is 0. The van der Waals surface area contributed by atoms with E-state index in [1.165, 1.54) is 0 Å². The lowest BCUT2D eigenvalue weighted by molar-refractivity contribution is 0.167. The number of aliphatic hydroxyl groups excluding tert-OH is 1. The molecule has 0 fully saturated rings. The maximum atomic E-state index is 9.46. The van der Waals surface area contributed by atoms with E-state index < -0.39 is 0 Å². The second kappa shape index (κ2) is 8.24. The van der Waals surface area contributed by atoms with Crippen LogP contribution in [0.15, 0.2) is 30.0 Å². The molecule has 0 aromatic rings. The number of nitrogens with zero attached hydrogens (tertiary/aromatic N) is 1. The highest BCUT2D eigenvalue weighted by atomic mass is 16.5. The summed E-state index contributed by atoms with van der Waals surface area (Å²) >= 11 is 0. The molecule has 1 unspecified atom stereocenters. The monoisotopic (exact) mass is 211 g/mol. The fourth-order valence-electron chi connectivity index (χ4n) is 1.49. The van der Waals surface area contributed by atoms with Crippen molar-refractivity contribution in [2.75, 3.05) is 13.7 Å². The third-order valence-electron chi connectivity index (χ3n) is 2.36. The number of hydrogen-bond donors (Lipinski definition) is 1. The third kappa shape index (κ3) is 5.37. The van der Waals surface area contributed by atoms with Crippen molar-refractivity contribution < 1.29 is 9.84 Å². The van der Waals surface area contributed by atoms with E-state index in [0.717, 1.165) is 12.8 Å². The normalized spacial score (nSPS) is 15.1. The quantitative estimate of drug-likeness (QED) is 0.495. The summed E-state index contributed by atoms with van der Waals surface area (Å²) in [6, 6.07) is -0.247. The Morgan fingerprint density at radius 3 is 2.67 bits per heavy atom. The fraction of sp³-hybridized carbons (Fsp3) is 0.583. The molecule has 0 saturated carbocycles. The summed E-state index contributed by atoms with van der Waals surface area (Å²) in [5.74, 6) is 0.370. The summed E-state index contributed by atoms with van der Waals surface area (Å²) in [6.45, 7) is 9.85. The van der Waals surface area contributed by atoms with Crippen molar-refractivity contribution in [3.63, 3.8) is 0 Å². The number of hydrogen-bond acceptors (Lipinski definition) is 3. The zero-order valence-electron chi connectivity index (χ0n) is 9.65. The molecule has 0 saturated heterocycles. The van der Waals surface area contributed by atoms with Crippen LogP contribution in [0.1, 0.15) is 19.8 Å². The first-order chi connectivity index (χ1) is 7.17. The van der Waals surface area contributed by atoms with Crippen LogP contribution in [0.25, 0.3) is 0 Å². The van der Waals surface area contributed by atoms with Crippen LogP contribution in [0, 0.1) is 5.92 Å². The minimum Gasteiger partial charge on any atom is -0.511 e. The highest BCUT2D eigenvalue weighted by Crippen LogP contribution is 2.20. The van der Waals surface area contributed by atoms with Gasteiger partial charge in [0.1, 0.15) is 11.8 Å². The first-order valence-electron chi connectivity index (χ1n) is 5.18. The van der Waals surface area contributed by atoms with Gasteiger partial charge in [0.25, 0.3) is 0 Å². The Balaban J connectivity index is 4.46. The smallest absolute Gasteiger partial charge is 0.110 e. The minimum absolute atomic E-state index is 0.107. The molecule has 15 heavy (non-hydrogen) atoms. The van der Waals surface area contributed by atoms with Gasteiger partial charge in [0.05, 0.1) is 0 Å². The molecular formula is C12H21NO2. The maximum Gasteiger partial charge on any atom is 0.110 e. The number of aliphatic imine (C=N–C) groups is 1. The molecule has 0 aromatic carbocycles. The average Bonchev–Trinajstić information content (AvgIpc) is 2.22. The summed E-state index contributed by atoms with van der Waals surface area (Å²) in [6.07, 6.45) is 4.99. The number of rotatable bonds is 8. The topological polar surface area (TPSA) is 41.8 Å². The number of ether oxygens (including phenoxy) is 1. The lowest BCUT2D eigenvalue weighted by Crippen LogP contribution is -2.21. The molecule has 86 valence electrons. The minimum atomic E-state index is -0.247. The van der Waals surface area contributed by atoms with Gasteiger partial charge in [-0.3, -0.25) is 4.99 Å². The SMILES string of the molecule is C=CC=NC(C(=C)O)[C@@H](CC)CCOC. The Hall–Kier alpha value is -1.09. The van der Waals surface area contributed by atoms with Crippen LogP contribution >= 0.6 is 0 Å². The molecule has 0 aliphatic carbocycles. The van der Waals surface area contributed by atoms with E-state index in [0.29, 0.717) is 6.61 Å². The standard InChI is InChI=1S/C12H21NO2/c1-5-8-13-12(10(3)14)11(6-2)7-9-15-4/h5,8,11-12,14H,1,3,6-7,9H2,2,4H3/t11-,12?/m0/s1. The molecule has 0 aliphatic rings. The van der Waals surface area contributed by atoms with Crippen molar-refractivity contribution in [3.8, 4) is 0 Å². The van der Waals surface area contributed by atoms with E-state index in [1.807, 2.05) is 0 Å². The van der Waals surface area contributed by atoms with Crippen molar-refractivity contribution in [2.45, 2.75) is 25.8 Å². The van der Waals surface area contributed by atoms with Crippen LogP contribution in [0.3, 0.4) is 0 Å². The Labute approximate surface area is 92.2 Å². The summed E-state index contributed by atoms with van der Waals surface area (Å²) in [4.78, 5) is 4.22. The second-order valence-corrected chi connectivity index (χ2v) is 3.42. The van der Waals surface area contributed by atoms with Gasteiger partial charge < -0.3 is 9.84 Å². The van der Waals surface area contributed by atoms with Gasteiger partial charge in [-0.2, -0.15) is 0 Å². The Kier molecular flexibility index (Phi) is 7.64. The van der Waals surface area contributed by atoms with Crippen LogP contribution in [-0.4, -0.2) is 31.1 Å². The van der Waals surface area contributed by atoms with E-state index in [2.05, 4.69) is 25.1 Å². The van der Waals surface area contributed by atoms with Gasteiger partial charge in [-0.25, -0.2) is 0 Å². The molecule has 1 N–H and O–H groups in total.